The van der Waals surface area contributed by atoms with E-state index in [1.165, 1.54) is 24.3 Å². The maximum absolute atomic E-state index is 12.4. The molecule has 9 heteroatoms. The van der Waals surface area contributed by atoms with Crippen LogP contribution in [0.15, 0.2) is 53.4 Å². The molecule has 170 valence electrons. The number of carbonyl (C=O) groups excluding carboxylic acids is 1. The smallest absolute Gasteiger partial charge is 0.446 e. The predicted molar refractivity (Wildman–Crippen MR) is 119 cm³/mol. The van der Waals surface area contributed by atoms with Crippen LogP contribution in [0.25, 0.3) is 10.9 Å². The highest BCUT2D eigenvalue weighted by Gasteiger charge is 2.29. The second-order valence-electron chi connectivity index (χ2n) is 7.01. The summed E-state index contributed by atoms with van der Waals surface area (Å²) in [6, 6.07) is 12.9. The summed E-state index contributed by atoms with van der Waals surface area (Å²) in [5.41, 5.74) is -1.93. The average molecular weight is 465 g/mol. The molecule has 0 saturated heterocycles. The molecule has 3 rings (SSSR count). The molecule has 0 radical (unpaired) electrons. The van der Waals surface area contributed by atoms with Crippen molar-refractivity contribution >= 4 is 34.4 Å². The molecule has 0 spiro atoms. The molecule has 32 heavy (non-hydrogen) atoms. The third kappa shape index (κ3) is 6.53. The molecular formula is C23H23F3N2O3S. The van der Waals surface area contributed by atoms with E-state index in [9.17, 15) is 18.0 Å². The largest absolute Gasteiger partial charge is 0.493 e. The predicted octanol–water partition coefficient (Wildman–Crippen LogP) is 7.08. The number of hydrogen-bond acceptors (Lipinski definition) is 5. The molecule has 0 fully saturated rings. The number of alkyl halides is 3. The highest BCUT2D eigenvalue weighted by molar-refractivity contribution is 8.00. The molecular weight excluding hydrogens is 441 g/mol. The van der Waals surface area contributed by atoms with E-state index in [2.05, 4.69) is 17.2 Å². The third-order valence-electron chi connectivity index (χ3n) is 4.60. The van der Waals surface area contributed by atoms with Gasteiger partial charge in [-0.3, -0.25) is 5.32 Å². The molecule has 3 aromatic rings. The van der Waals surface area contributed by atoms with Crippen molar-refractivity contribution in [3.05, 3.63) is 59.8 Å². The Hall–Kier alpha value is -2.94. The zero-order valence-corrected chi connectivity index (χ0v) is 18.5. The number of nitrogens with zero attached hydrogens (tertiary/aromatic N) is 1. The van der Waals surface area contributed by atoms with Gasteiger partial charge in [0.2, 0.25) is 0 Å². The Morgan fingerprint density at radius 1 is 1.12 bits per heavy atom. The van der Waals surface area contributed by atoms with Gasteiger partial charge >= 0.3 is 11.6 Å². The Kier molecular flexibility index (Phi) is 7.84. The van der Waals surface area contributed by atoms with E-state index < -0.39 is 11.6 Å². The van der Waals surface area contributed by atoms with Gasteiger partial charge in [0.25, 0.3) is 0 Å². The van der Waals surface area contributed by atoms with Crippen LogP contribution in [0, 0.1) is 6.92 Å². The lowest BCUT2D eigenvalue weighted by Crippen LogP contribution is -2.15. The second kappa shape index (κ2) is 10.6. The number of halogens is 3. The number of thioether (sulfide) groups is 1. The quantitative estimate of drug-likeness (QED) is 0.285. The van der Waals surface area contributed by atoms with Crippen LogP contribution in [0.2, 0.25) is 0 Å². The summed E-state index contributed by atoms with van der Waals surface area (Å²) in [6.07, 6.45) is 1.20. The minimum atomic E-state index is -4.36. The maximum Gasteiger partial charge on any atom is 0.446 e. The van der Waals surface area contributed by atoms with Gasteiger partial charge in [-0.2, -0.15) is 13.2 Å². The van der Waals surface area contributed by atoms with Gasteiger partial charge in [-0.1, -0.05) is 25.5 Å². The molecule has 1 amide bonds. The minimum absolute atomic E-state index is 0.0306. The number of rotatable bonds is 8. The van der Waals surface area contributed by atoms with Crippen LogP contribution in [0.5, 0.6) is 5.75 Å². The summed E-state index contributed by atoms with van der Waals surface area (Å²) in [5.74, 6) is 0.723. The first-order chi connectivity index (χ1) is 15.3. The number of nitrogens with one attached hydrogen (secondary N) is 1. The van der Waals surface area contributed by atoms with Crippen LogP contribution < -0.4 is 10.1 Å². The van der Waals surface area contributed by atoms with Crippen LogP contribution in [0.4, 0.5) is 23.7 Å². The number of aromatic nitrogens is 1. The molecule has 0 bridgehead atoms. The van der Waals surface area contributed by atoms with Crippen LogP contribution in [0.3, 0.4) is 0 Å². The topological polar surface area (TPSA) is 60.5 Å². The molecule has 1 aromatic heterocycles. The Balaban J connectivity index is 1.67. The SMILES string of the molecule is CCCCOc1c(C)c(COC(=O)Nc2ccc(SC(F)(F)F)cc2)nc2ccccc12. The fraction of sp³-hybridized carbons (Fsp3) is 0.304. The van der Waals surface area contributed by atoms with E-state index in [0.717, 1.165) is 35.1 Å². The molecule has 0 unspecified atom stereocenters. The first-order valence-electron chi connectivity index (χ1n) is 10.1. The Morgan fingerprint density at radius 3 is 2.53 bits per heavy atom. The van der Waals surface area contributed by atoms with Crippen molar-refractivity contribution in [1.29, 1.82) is 0 Å². The lowest BCUT2D eigenvalue weighted by atomic mass is 10.1. The molecule has 0 aliphatic heterocycles. The number of para-hydroxylation sites is 1. The number of anilines is 1. The van der Waals surface area contributed by atoms with Gasteiger partial charge in [0.1, 0.15) is 12.4 Å². The molecule has 0 aliphatic rings. The zero-order chi connectivity index (χ0) is 23.1. The van der Waals surface area contributed by atoms with Gasteiger partial charge in [-0.25, -0.2) is 9.78 Å². The summed E-state index contributed by atoms with van der Waals surface area (Å²) >= 11 is -0.218. The third-order valence-corrected chi connectivity index (χ3v) is 5.34. The zero-order valence-electron chi connectivity index (χ0n) is 17.7. The van der Waals surface area contributed by atoms with Gasteiger partial charge in [-0.05, 0) is 61.5 Å². The second-order valence-corrected chi connectivity index (χ2v) is 8.14. The minimum Gasteiger partial charge on any atom is -0.493 e. The highest BCUT2D eigenvalue weighted by Crippen LogP contribution is 2.37. The molecule has 0 atom stereocenters. The van der Waals surface area contributed by atoms with Gasteiger partial charge in [0.05, 0.1) is 17.8 Å². The lowest BCUT2D eigenvalue weighted by Gasteiger charge is -2.15. The van der Waals surface area contributed by atoms with Gasteiger partial charge < -0.3 is 9.47 Å². The molecule has 1 N–H and O–H groups in total. The van der Waals surface area contributed by atoms with Crippen LogP contribution >= 0.6 is 11.8 Å². The fourth-order valence-electron chi connectivity index (χ4n) is 3.00. The van der Waals surface area contributed by atoms with Gasteiger partial charge in [-0.15, -0.1) is 0 Å². The Bertz CT molecular complexity index is 1070. The Labute approximate surface area is 188 Å². The Morgan fingerprint density at radius 2 is 1.84 bits per heavy atom. The number of ether oxygens (including phenoxy) is 2. The number of pyridine rings is 1. The number of benzene rings is 2. The van der Waals surface area contributed by atoms with E-state index in [4.69, 9.17) is 9.47 Å². The van der Waals surface area contributed by atoms with E-state index in [0.29, 0.717) is 18.0 Å². The number of hydrogen-bond donors (Lipinski definition) is 1. The van der Waals surface area contributed by atoms with Crippen molar-refractivity contribution in [2.45, 2.75) is 43.7 Å². The normalized spacial score (nSPS) is 11.4. The lowest BCUT2D eigenvalue weighted by molar-refractivity contribution is -0.0328. The van der Waals surface area contributed by atoms with Crippen LogP contribution in [-0.4, -0.2) is 23.2 Å². The van der Waals surface area contributed by atoms with Crippen molar-refractivity contribution in [3.8, 4) is 5.75 Å². The summed E-state index contributed by atoms with van der Waals surface area (Å²) in [7, 11) is 0. The van der Waals surface area contributed by atoms with E-state index >= 15 is 0 Å². The van der Waals surface area contributed by atoms with Crippen LogP contribution in [0.1, 0.15) is 31.0 Å². The summed E-state index contributed by atoms with van der Waals surface area (Å²) in [5, 5.41) is 3.40. The van der Waals surface area contributed by atoms with Gasteiger partial charge in [0.15, 0.2) is 0 Å². The summed E-state index contributed by atoms with van der Waals surface area (Å²) in [4.78, 5) is 16.8. The fourth-order valence-corrected chi connectivity index (χ4v) is 3.54. The van der Waals surface area contributed by atoms with Crippen molar-refractivity contribution < 1.29 is 27.4 Å². The maximum atomic E-state index is 12.4. The highest BCUT2D eigenvalue weighted by atomic mass is 32.2. The number of fused-ring (bicyclic) bond motifs is 1. The van der Waals surface area contributed by atoms with Crippen molar-refractivity contribution in [1.82, 2.24) is 4.98 Å². The van der Waals surface area contributed by atoms with Crippen molar-refractivity contribution in [2.24, 2.45) is 0 Å². The standard InChI is InChI=1S/C23H23F3N2O3S/c1-3-4-13-30-21-15(2)20(28-19-8-6-5-7-18(19)21)14-31-22(29)27-16-9-11-17(12-10-16)32-23(24,25)26/h5-12H,3-4,13-14H2,1-2H3,(H,27,29). The average Bonchev–Trinajstić information content (AvgIpc) is 2.74. The first kappa shape index (κ1) is 23.7. The summed E-state index contributed by atoms with van der Waals surface area (Å²) in [6.45, 7) is 4.46. The molecule has 0 aliphatic carbocycles. The van der Waals surface area contributed by atoms with Gasteiger partial charge in [0, 0.05) is 21.5 Å². The van der Waals surface area contributed by atoms with E-state index in [-0.39, 0.29) is 23.3 Å². The molecule has 1 heterocycles. The summed E-state index contributed by atoms with van der Waals surface area (Å²) < 4.78 is 48.6. The number of carbonyl (C=O) groups is 1. The monoisotopic (exact) mass is 464 g/mol. The molecule has 0 saturated carbocycles. The number of unbranched alkanes of at least 4 members (excludes halogenated alkanes) is 1. The first-order valence-corrected chi connectivity index (χ1v) is 10.9. The number of amides is 1. The van der Waals surface area contributed by atoms with Crippen molar-refractivity contribution in [3.63, 3.8) is 0 Å². The molecule has 2 aromatic carbocycles. The molecule has 5 nitrogen and oxygen atoms in total. The van der Waals surface area contributed by atoms with E-state index in [1.807, 2.05) is 31.2 Å². The van der Waals surface area contributed by atoms with Crippen molar-refractivity contribution in [2.75, 3.05) is 11.9 Å². The van der Waals surface area contributed by atoms with E-state index in [1.54, 1.807) is 0 Å². The van der Waals surface area contributed by atoms with Crippen LogP contribution in [-0.2, 0) is 11.3 Å².